The van der Waals surface area contributed by atoms with Gasteiger partial charge in [0.15, 0.2) is 0 Å². The van der Waals surface area contributed by atoms with Crippen molar-refractivity contribution >= 4 is 11.8 Å². The number of aliphatic hydroxyl groups is 1. The van der Waals surface area contributed by atoms with Crippen LogP contribution in [0.1, 0.15) is 51.0 Å². The van der Waals surface area contributed by atoms with E-state index >= 15 is 0 Å². The smallest absolute Gasteiger partial charge is 0.115 e. The second-order valence-electron chi connectivity index (χ2n) is 5.74. The molecular formula is C18H30O2S. The van der Waals surface area contributed by atoms with Gasteiger partial charge in [-0.15, -0.1) is 0 Å². The topological polar surface area (TPSA) is 40.5 Å². The lowest BCUT2D eigenvalue weighted by Gasteiger charge is -2.16. The highest BCUT2D eigenvalue weighted by atomic mass is 32.2. The fourth-order valence-corrected chi connectivity index (χ4v) is 3.47. The minimum atomic E-state index is 0.271. The first-order valence-electron chi connectivity index (χ1n) is 8.22. The lowest BCUT2D eigenvalue weighted by Crippen LogP contribution is -2.09. The van der Waals surface area contributed by atoms with Gasteiger partial charge in [-0.1, -0.05) is 51.2 Å². The predicted molar refractivity (Wildman–Crippen MR) is 93.1 cm³/mol. The number of thioether (sulfide) groups is 1. The van der Waals surface area contributed by atoms with Gasteiger partial charge in [0.2, 0.25) is 0 Å². The molecule has 0 saturated heterocycles. The Labute approximate surface area is 134 Å². The number of rotatable bonds is 12. The summed E-state index contributed by atoms with van der Waals surface area (Å²) in [6.45, 7) is 2.52. The average Bonchev–Trinajstić information content (AvgIpc) is 2.49. The number of benzene rings is 1. The maximum Gasteiger partial charge on any atom is 0.115 e. The van der Waals surface area contributed by atoms with Crippen LogP contribution in [0.15, 0.2) is 24.3 Å². The van der Waals surface area contributed by atoms with Crippen molar-refractivity contribution in [3.8, 4) is 5.75 Å². The van der Waals surface area contributed by atoms with Crippen molar-refractivity contribution in [1.29, 1.82) is 0 Å². The van der Waals surface area contributed by atoms with E-state index < -0.39 is 0 Å². The molecule has 1 aromatic rings. The Balaban J connectivity index is 2.37. The zero-order valence-corrected chi connectivity index (χ0v) is 14.1. The molecule has 0 aliphatic heterocycles. The maximum absolute atomic E-state index is 9.36. The molecule has 21 heavy (non-hydrogen) atoms. The Bertz CT molecular complexity index is 351. The van der Waals surface area contributed by atoms with E-state index in [-0.39, 0.29) is 6.61 Å². The molecule has 2 nitrogen and oxygen atoms in total. The largest absolute Gasteiger partial charge is 0.508 e. The highest BCUT2D eigenvalue weighted by Crippen LogP contribution is 2.22. The van der Waals surface area contributed by atoms with E-state index in [1.807, 2.05) is 23.9 Å². The Morgan fingerprint density at radius 2 is 1.76 bits per heavy atom. The van der Waals surface area contributed by atoms with Crippen molar-refractivity contribution < 1.29 is 10.2 Å². The van der Waals surface area contributed by atoms with Crippen LogP contribution in [0.2, 0.25) is 0 Å². The molecule has 0 aliphatic rings. The number of unbranched alkanes of at least 4 members (excludes halogenated alkanes) is 4. The summed E-state index contributed by atoms with van der Waals surface area (Å²) in [6, 6.07) is 7.59. The van der Waals surface area contributed by atoms with E-state index in [1.165, 1.54) is 44.1 Å². The lowest BCUT2D eigenvalue weighted by molar-refractivity contribution is 0.322. The fourth-order valence-electron chi connectivity index (χ4n) is 2.56. The summed E-state index contributed by atoms with van der Waals surface area (Å²) in [5.41, 5.74) is 1.30. The Morgan fingerprint density at radius 1 is 1.05 bits per heavy atom. The van der Waals surface area contributed by atoms with Crippen molar-refractivity contribution in [2.45, 2.75) is 51.9 Å². The minimum absolute atomic E-state index is 0.271. The average molecular weight is 311 g/mol. The van der Waals surface area contributed by atoms with Crippen LogP contribution in [0.3, 0.4) is 0 Å². The molecule has 120 valence electrons. The second kappa shape index (κ2) is 11.9. The van der Waals surface area contributed by atoms with E-state index in [4.69, 9.17) is 5.11 Å². The van der Waals surface area contributed by atoms with Gasteiger partial charge in [-0.25, -0.2) is 0 Å². The van der Waals surface area contributed by atoms with Gasteiger partial charge in [0.25, 0.3) is 0 Å². The van der Waals surface area contributed by atoms with Crippen LogP contribution in [0.5, 0.6) is 5.75 Å². The number of aliphatic hydroxyl groups excluding tert-OH is 1. The van der Waals surface area contributed by atoms with E-state index in [0.29, 0.717) is 11.7 Å². The predicted octanol–water partition coefficient (Wildman–Crippen LogP) is 4.64. The molecule has 0 bridgehead atoms. The molecule has 1 rings (SSSR count). The van der Waals surface area contributed by atoms with Crippen molar-refractivity contribution in [3.63, 3.8) is 0 Å². The summed E-state index contributed by atoms with van der Waals surface area (Å²) in [5.74, 6) is 2.97. The second-order valence-corrected chi connectivity index (χ2v) is 6.89. The van der Waals surface area contributed by atoms with E-state index in [9.17, 15) is 5.11 Å². The van der Waals surface area contributed by atoms with Crippen LogP contribution in [-0.4, -0.2) is 28.3 Å². The van der Waals surface area contributed by atoms with Gasteiger partial charge in [-0.2, -0.15) is 11.8 Å². The summed E-state index contributed by atoms with van der Waals surface area (Å²) in [7, 11) is 0. The highest BCUT2D eigenvalue weighted by molar-refractivity contribution is 7.99. The summed E-state index contributed by atoms with van der Waals surface area (Å²) >= 11 is 1.85. The Hall–Kier alpha value is -0.670. The third-order valence-corrected chi connectivity index (χ3v) is 4.94. The molecule has 0 heterocycles. The van der Waals surface area contributed by atoms with Crippen LogP contribution in [0.4, 0.5) is 0 Å². The SMILES string of the molecule is CCCCCCCC(CSCCO)Cc1ccc(O)cc1. The van der Waals surface area contributed by atoms with Crippen molar-refractivity contribution in [2.24, 2.45) is 5.92 Å². The maximum atomic E-state index is 9.36. The normalized spacial score (nSPS) is 12.5. The number of phenolic OH excluding ortho intramolecular Hbond substituents is 1. The van der Waals surface area contributed by atoms with Gasteiger partial charge in [-0.3, -0.25) is 0 Å². The van der Waals surface area contributed by atoms with Crippen molar-refractivity contribution in [2.75, 3.05) is 18.1 Å². The summed E-state index contributed by atoms with van der Waals surface area (Å²) in [6.07, 6.45) is 8.99. The molecule has 0 radical (unpaired) electrons. The van der Waals surface area contributed by atoms with Crippen LogP contribution in [-0.2, 0) is 6.42 Å². The first kappa shape index (κ1) is 18.4. The summed E-state index contributed by atoms with van der Waals surface area (Å²) < 4.78 is 0. The van der Waals surface area contributed by atoms with Gasteiger partial charge >= 0.3 is 0 Å². The quantitative estimate of drug-likeness (QED) is 0.553. The van der Waals surface area contributed by atoms with Crippen molar-refractivity contribution in [1.82, 2.24) is 0 Å². The minimum Gasteiger partial charge on any atom is -0.508 e. The molecule has 1 atom stereocenters. The standard InChI is InChI=1S/C18H30O2S/c1-2-3-4-5-6-7-17(15-21-13-12-19)14-16-8-10-18(20)11-9-16/h8-11,17,19-20H,2-7,12-15H2,1H3. The number of aromatic hydroxyl groups is 1. The van der Waals surface area contributed by atoms with Crippen LogP contribution in [0, 0.1) is 5.92 Å². The first-order valence-corrected chi connectivity index (χ1v) is 9.38. The Kier molecular flexibility index (Phi) is 10.4. The number of hydrogen-bond acceptors (Lipinski definition) is 3. The highest BCUT2D eigenvalue weighted by Gasteiger charge is 2.10. The molecule has 1 unspecified atom stereocenters. The Morgan fingerprint density at radius 3 is 2.43 bits per heavy atom. The van der Waals surface area contributed by atoms with E-state index in [0.717, 1.165) is 17.9 Å². The first-order chi connectivity index (χ1) is 10.3. The molecule has 3 heteroatoms. The molecule has 0 aliphatic carbocycles. The molecular weight excluding hydrogens is 280 g/mol. The third-order valence-electron chi connectivity index (χ3n) is 3.77. The zero-order chi connectivity index (χ0) is 15.3. The third kappa shape index (κ3) is 9.05. The molecule has 2 N–H and O–H groups in total. The fraction of sp³-hybridized carbons (Fsp3) is 0.667. The van der Waals surface area contributed by atoms with Crippen LogP contribution >= 0.6 is 11.8 Å². The van der Waals surface area contributed by atoms with Gasteiger partial charge < -0.3 is 10.2 Å². The molecule has 0 saturated carbocycles. The molecule has 0 spiro atoms. The van der Waals surface area contributed by atoms with E-state index in [1.54, 1.807) is 12.1 Å². The van der Waals surface area contributed by atoms with E-state index in [2.05, 4.69) is 6.92 Å². The molecule has 0 amide bonds. The van der Waals surface area contributed by atoms with Gasteiger partial charge in [0.05, 0.1) is 6.61 Å². The van der Waals surface area contributed by atoms with Gasteiger partial charge in [0, 0.05) is 5.75 Å². The monoisotopic (exact) mass is 310 g/mol. The summed E-state index contributed by atoms with van der Waals surface area (Å²) in [5, 5.41) is 18.3. The van der Waals surface area contributed by atoms with Gasteiger partial charge in [0.1, 0.15) is 5.75 Å². The summed E-state index contributed by atoms with van der Waals surface area (Å²) in [4.78, 5) is 0. The lowest BCUT2D eigenvalue weighted by atomic mass is 9.95. The zero-order valence-electron chi connectivity index (χ0n) is 13.3. The van der Waals surface area contributed by atoms with Crippen molar-refractivity contribution in [3.05, 3.63) is 29.8 Å². The molecule has 1 aromatic carbocycles. The van der Waals surface area contributed by atoms with Crippen LogP contribution in [0.25, 0.3) is 0 Å². The number of phenols is 1. The molecule has 0 aromatic heterocycles. The number of hydrogen-bond donors (Lipinski definition) is 2. The van der Waals surface area contributed by atoms with Crippen LogP contribution < -0.4 is 0 Å². The molecule has 0 fully saturated rings. The van der Waals surface area contributed by atoms with Gasteiger partial charge in [-0.05, 0) is 42.2 Å².